The molecule has 16 heavy (non-hydrogen) atoms. The maximum absolute atomic E-state index is 6.05. The fourth-order valence-electron chi connectivity index (χ4n) is 1.87. The minimum Gasteiger partial charge on any atom is -0.439 e. The second-order valence-electron chi connectivity index (χ2n) is 4.71. The Kier molecular flexibility index (Phi) is 2.97. The van der Waals surface area contributed by atoms with E-state index in [9.17, 15) is 0 Å². The molecule has 0 radical (unpaired) electrons. The Morgan fingerprint density at radius 1 is 1.38 bits per heavy atom. The highest BCUT2D eigenvalue weighted by Gasteiger charge is 2.15. The Morgan fingerprint density at radius 3 is 2.75 bits per heavy atom. The predicted molar refractivity (Wildman–Crippen MR) is 65.1 cm³/mol. The Labute approximate surface area is 95.7 Å². The van der Waals surface area contributed by atoms with Crippen molar-refractivity contribution in [1.29, 1.82) is 0 Å². The lowest BCUT2D eigenvalue weighted by Gasteiger charge is -2.09. The number of rotatable bonds is 3. The molecule has 0 amide bonds. The van der Waals surface area contributed by atoms with Crippen molar-refractivity contribution in [1.82, 2.24) is 4.98 Å². The number of hydrogen-bond donors (Lipinski definition) is 1. The van der Waals surface area contributed by atoms with E-state index in [1.54, 1.807) is 0 Å². The van der Waals surface area contributed by atoms with Crippen LogP contribution in [-0.2, 0) is 0 Å². The molecule has 0 aliphatic rings. The average Bonchev–Trinajstić information content (AvgIpc) is 2.61. The van der Waals surface area contributed by atoms with Crippen LogP contribution in [0.3, 0.4) is 0 Å². The molecule has 3 nitrogen and oxygen atoms in total. The molecule has 2 aromatic rings. The first-order valence-electron chi connectivity index (χ1n) is 5.69. The fourth-order valence-corrected chi connectivity index (χ4v) is 1.87. The van der Waals surface area contributed by atoms with Gasteiger partial charge in [-0.25, -0.2) is 4.98 Å². The van der Waals surface area contributed by atoms with Crippen LogP contribution in [0.1, 0.15) is 37.8 Å². The van der Waals surface area contributed by atoms with E-state index in [1.165, 1.54) is 0 Å². The van der Waals surface area contributed by atoms with Gasteiger partial charge in [0.2, 0.25) is 5.89 Å². The van der Waals surface area contributed by atoms with Gasteiger partial charge in [-0.3, -0.25) is 0 Å². The van der Waals surface area contributed by atoms with Crippen LogP contribution in [-0.4, -0.2) is 4.98 Å². The monoisotopic (exact) mass is 218 g/mol. The highest BCUT2D eigenvalue weighted by atomic mass is 16.3. The zero-order valence-corrected chi connectivity index (χ0v) is 10.0. The van der Waals surface area contributed by atoms with Crippen molar-refractivity contribution in [2.75, 3.05) is 0 Å². The van der Waals surface area contributed by atoms with Gasteiger partial charge in [0.25, 0.3) is 0 Å². The van der Waals surface area contributed by atoms with Crippen LogP contribution < -0.4 is 5.73 Å². The van der Waals surface area contributed by atoms with Crippen LogP contribution in [0.5, 0.6) is 0 Å². The first kappa shape index (κ1) is 11.1. The van der Waals surface area contributed by atoms with Crippen molar-refractivity contribution in [3.05, 3.63) is 29.7 Å². The molecule has 3 heteroatoms. The van der Waals surface area contributed by atoms with Crippen molar-refractivity contribution < 1.29 is 4.42 Å². The number of benzene rings is 1. The lowest BCUT2D eigenvalue weighted by atomic mass is 10.0. The summed E-state index contributed by atoms with van der Waals surface area (Å²) in [5.74, 6) is 1.20. The van der Waals surface area contributed by atoms with Gasteiger partial charge >= 0.3 is 0 Å². The molecule has 86 valence electrons. The SMILES string of the molecule is Cc1cccc2oc(C(N)CC(C)C)nc12. The maximum Gasteiger partial charge on any atom is 0.212 e. The first-order chi connectivity index (χ1) is 7.58. The second-order valence-corrected chi connectivity index (χ2v) is 4.71. The molecule has 2 N–H and O–H groups in total. The van der Waals surface area contributed by atoms with E-state index in [1.807, 2.05) is 25.1 Å². The quantitative estimate of drug-likeness (QED) is 0.860. The van der Waals surface area contributed by atoms with Crippen molar-refractivity contribution in [2.24, 2.45) is 11.7 Å². The van der Waals surface area contributed by atoms with Gasteiger partial charge in [-0.15, -0.1) is 0 Å². The lowest BCUT2D eigenvalue weighted by molar-refractivity contribution is 0.417. The van der Waals surface area contributed by atoms with Crippen molar-refractivity contribution in [3.8, 4) is 0 Å². The van der Waals surface area contributed by atoms with Crippen molar-refractivity contribution in [2.45, 2.75) is 33.2 Å². The molecule has 0 saturated heterocycles. The maximum atomic E-state index is 6.05. The molecule has 0 spiro atoms. The smallest absolute Gasteiger partial charge is 0.212 e. The molecule has 0 aliphatic carbocycles. The molecular formula is C13H18N2O. The number of aryl methyl sites for hydroxylation is 1. The third-order valence-corrected chi connectivity index (χ3v) is 2.68. The standard InChI is InChI=1S/C13H18N2O/c1-8(2)7-10(14)13-15-12-9(3)5-4-6-11(12)16-13/h4-6,8,10H,7,14H2,1-3H3. The average molecular weight is 218 g/mol. The second kappa shape index (κ2) is 4.26. The molecule has 0 bridgehead atoms. The molecule has 0 fully saturated rings. The van der Waals surface area contributed by atoms with Crippen LogP contribution in [0.4, 0.5) is 0 Å². The largest absolute Gasteiger partial charge is 0.439 e. The van der Waals surface area contributed by atoms with Gasteiger partial charge < -0.3 is 10.2 Å². The third kappa shape index (κ3) is 2.09. The molecule has 0 aliphatic heterocycles. The fraction of sp³-hybridized carbons (Fsp3) is 0.462. The number of hydrogen-bond acceptors (Lipinski definition) is 3. The molecule has 1 aromatic carbocycles. The van der Waals surface area contributed by atoms with Crippen LogP contribution in [0.25, 0.3) is 11.1 Å². The minimum absolute atomic E-state index is 0.105. The Balaban J connectivity index is 2.36. The summed E-state index contributed by atoms with van der Waals surface area (Å²) in [5.41, 5.74) is 8.94. The topological polar surface area (TPSA) is 52.0 Å². The van der Waals surface area contributed by atoms with Gasteiger partial charge in [0.05, 0.1) is 6.04 Å². The molecule has 1 aromatic heterocycles. The summed E-state index contributed by atoms with van der Waals surface area (Å²) in [5, 5.41) is 0. The summed E-state index contributed by atoms with van der Waals surface area (Å²) in [7, 11) is 0. The van der Waals surface area contributed by atoms with Crippen LogP contribution in [0.15, 0.2) is 22.6 Å². The Morgan fingerprint density at radius 2 is 2.12 bits per heavy atom. The molecule has 0 saturated carbocycles. The highest BCUT2D eigenvalue weighted by Crippen LogP contribution is 2.24. The minimum atomic E-state index is -0.105. The van der Waals surface area contributed by atoms with Gasteiger partial charge in [-0.1, -0.05) is 26.0 Å². The molecule has 1 unspecified atom stereocenters. The van der Waals surface area contributed by atoms with Crippen molar-refractivity contribution in [3.63, 3.8) is 0 Å². The van der Waals surface area contributed by atoms with E-state index in [0.717, 1.165) is 23.1 Å². The van der Waals surface area contributed by atoms with E-state index in [-0.39, 0.29) is 6.04 Å². The lowest BCUT2D eigenvalue weighted by Crippen LogP contribution is -2.13. The number of nitrogens with zero attached hydrogens (tertiary/aromatic N) is 1. The summed E-state index contributed by atoms with van der Waals surface area (Å²) >= 11 is 0. The first-order valence-corrected chi connectivity index (χ1v) is 5.69. The van der Waals surface area contributed by atoms with E-state index in [2.05, 4.69) is 18.8 Å². The number of para-hydroxylation sites is 1. The normalized spacial score (nSPS) is 13.6. The van der Waals surface area contributed by atoms with Gasteiger partial charge in [-0.2, -0.15) is 0 Å². The molecule has 2 rings (SSSR count). The number of oxazole rings is 1. The summed E-state index contributed by atoms with van der Waals surface area (Å²) in [6.45, 7) is 6.32. The Bertz CT molecular complexity index is 488. The molecular weight excluding hydrogens is 200 g/mol. The molecule has 1 heterocycles. The number of fused-ring (bicyclic) bond motifs is 1. The van der Waals surface area contributed by atoms with Gasteiger partial charge in [0.1, 0.15) is 5.52 Å². The van der Waals surface area contributed by atoms with Crippen LogP contribution >= 0.6 is 0 Å². The predicted octanol–water partition coefficient (Wildman–Crippen LogP) is 3.18. The van der Waals surface area contributed by atoms with Gasteiger partial charge in [0, 0.05) is 0 Å². The van der Waals surface area contributed by atoms with Crippen molar-refractivity contribution >= 4 is 11.1 Å². The van der Waals surface area contributed by atoms with Crippen LogP contribution in [0, 0.1) is 12.8 Å². The highest BCUT2D eigenvalue weighted by molar-refractivity contribution is 5.76. The van der Waals surface area contributed by atoms with Gasteiger partial charge in [-0.05, 0) is 30.9 Å². The van der Waals surface area contributed by atoms with E-state index in [4.69, 9.17) is 10.2 Å². The summed E-state index contributed by atoms with van der Waals surface area (Å²) in [6, 6.07) is 5.83. The van der Waals surface area contributed by atoms with E-state index >= 15 is 0 Å². The summed E-state index contributed by atoms with van der Waals surface area (Å²) < 4.78 is 5.68. The third-order valence-electron chi connectivity index (χ3n) is 2.68. The molecule has 1 atom stereocenters. The Hall–Kier alpha value is -1.35. The van der Waals surface area contributed by atoms with E-state index in [0.29, 0.717) is 11.8 Å². The summed E-state index contributed by atoms with van der Waals surface area (Å²) in [6.07, 6.45) is 0.895. The zero-order chi connectivity index (χ0) is 11.7. The number of aromatic nitrogens is 1. The summed E-state index contributed by atoms with van der Waals surface area (Å²) in [4.78, 5) is 4.47. The van der Waals surface area contributed by atoms with Gasteiger partial charge in [0.15, 0.2) is 5.58 Å². The number of nitrogens with two attached hydrogens (primary N) is 1. The zero-order valence-electron chi connectivity index (χ0n) is 10.0. The van der Waals surface area contributed by atoms with Crippen LogP contribution in [0.2, 0.25) is 0 Å². The van der Waals surface area contributed by atoms with E-state index < -0.39 is 0 Å².